The quantitative estimate of drug-likeness (QED) is 0.708. The zero-order chi connectivity index (χ0) is 17.1. The van der Waals surface area contributed by atoms with Gasteiger partial charge in [0.05, 0.1) is 30.8 Å². The van der Waals surface area contributed by atoms with Crippen molar-refractivity contribution < 1.29 is 14.6 Å². The highest BCUT2D eigenvalue weighted by molar-refractivity contribution is 5.93. The Hall–Kier alpha value is -3.56. The number of nitrogens with zero attached hydrogens (tertiary/aromatic N) is 6. The number of carboxylic acids is 1. The molecule has 24 heavy (non-hydrogen) atoms. The molecule has 0 saturated carbocycles. The molecule has 0 bridgehead atoms. The molecule has 3 aromatic rings. The molecule has 0 atom stereocenters. The van der Waals surface area contributed by atoms with Crippen molar-refractivity contribution in [2.75, 3.05) is 12.4 Å². The maximum Gasteiger partial charge on any atom is 0.358 e. The Kier molecular flexibility index (Phi) is 4.01. The van der Waals surface area contributed by atoms with Crippen LogP contribution in [0.2, 0.25) is 0 Å². The first-order chi connectivity index (χ1) is 11.6. The van der Waals surface area contributed by atoms with Gasteiger partial charge in [-0.25, -0.2) is 9.78 Å². The number of hydrogen-bond acceptors (Lipinski definition) is 8. The first-order valence-electron chi connectivity index (χ1n) is 6.82. The van der Waals surface area contributed by atoms with Gasteiger partial charge in [-0.05, 0) is 12.1 Å². The molecule has 0 aliphatic carbocycles. The van der Waals surface area contributed by atoms with Gasteiger partial charge < -0.3 is 15.2 Å². The summed E-state index contributed by atoms with van der Waals surface area (Å²) in [4.78, 5) is 16.9. The number of aromatic nitrogens is 6. The second kappa shape index (κ2) is 6.28. The van der Waals surface area contributed by atoms with Crippen molar-refractivity contribution in [3.8, 4) is 17.0 Å². The summed E-state index contributed by atoms with van der Waals surface area (Å²) in [5, 5.41) is 27.6. The summed E-state index contributed by atoms with van der Waals surface area (Å²) in [7, 11) is 3.20. The summed E-state index contributed by atoms with van der Waals surface area (Å²) in [6.07, 6.45) is 4.54. The second-order valence-electron chi connectivity index (χ2n) is 4.68. The molecule has 2 N–H and O–H groups in total. The van der Waals surface area contributed by atoms with Crippen LogP contribution in [0.5, 0.6) is 5.75 Å². The molecule has 0 spiro atoms. The van der Waals surface area contributed by atoms with Crippen LogP contribution in [0.15, 0.2) is 30.7 Å². The Morgan fingerprint density at radius 3 is 2.83 bits per heavy atom. The Bertz CT molecular complexity index is 894. The summed E-state index contributed by atoms with van der Waals surface area (Å²) in [6, 6.07) is 3.23. The Balaban J connectivity index is 2.05. The fraction of sp³-hybridized carbons (Fsp3) is 0.143. The molecule has 0 fully saturated rings. The Morgan fingerprint density at radius 1 is 1.33 bits per heavy atom. The van der Waals surface area contributed by atoms with Gasteiger partial charge in [-0.15, -0.1) is 5.10 Å². The van der Waals surface area contributed by atoms with E-state index in [1.54, 1.807) is 25.5 Å². The molecule has 3 heterocycles. The largest absolute Gasteiger partial charge is 0.492 e. The number of carbonyl (C=O) groups is 1. The highest BCUT2D eigenvalue weighted by atomic mass is 16.5. The molecule has 10 nitrogen and oxygen atoms in total. The summed E-state index contributed by atoms with van der Waals surface area (Å²) in [5.74, 6) is -0.461. The van der Waals surface area contributed by atoms with Gasteiger partial charge in [0.15, 0.2) is 17.3 Å². The van der Waals surface area contributed by atoms with Crippen LogP contribution in [0.3, 0.4) is 0 Å². The molecule has 0 aliphatic rings. The molecule has 0 amide bonds. The topological polar surface area (TPSA) is 128 Å². The van der Waals surface area contributed by atoms with E-state index in [2.05, 4.69) is 30.7 Å². The van der Waals surface area contributed by atoms with Crippen LogP contribution < -0.4 is 10.1 Å². The molecule has 0 aliphatic heterocycles. The minimum atomic E-state index is -1.20. The van der Waals surface area contributed by atoms with Crippen molar-refractivity contribution in [1.82, 2.24) is 30.2 Å². The van der Waals surface area contributed by atoms with Gasteiger partial charge in [-0.3, -0.25) is 0 Å². The summed E-state index contributed by atoms with van der Waals surface area (Å²) in [6.45, 7) is 0. The van der Waals surface area contributed by atoms with Gasteiger partial charge in [0.25, 0.3) is 0 Å². The lowest BCUT2D eigenvalue weighted by Gasteiger charge is -2.13. The number of pyridine rings is 1. The van der Waals surface area contributed by atoms with Gasteiger partial charge in [0, 0.05) is 13.2 Å². The van der Waals surface area contributed by atoms with Crippen LogP contribution in [0.1, 0.15) is 10.5 Å². The molecule has 122 valence electrons. The molecule has 3 rings (SSSR count). The van der Waals surface area contributed by atoms with Crippen LogP contribution in [0.25, 0.3) is 11.3 Å². The Labute approximate surface area is 136 Å². The van der Waals surface area contributed by atoms with Crippen molar-refractivity contribution in [2.45, 2.75) is 0 Å². The molecule has 10 heteroatoms. The number of methoxy groups -OCH3 is 1. The molecule has 0 radical (unpaired) electrons. The highest BCUT2D eigenvalue weighted by Gasteiger charge is 2.18. The molecule has 0 aromatic carbocycles. The second-order valence-corrected chi connectivity index (χ2v) is 4.68. The van der Waals surface area contributed by atoms with Gasteiger partial charge in [-0.1, -0.05) is 0 Å². The van der Waals surface area contributed by atoms with Gasteiger partial charge in [-0.2, -0.15) is 20.1 Å². The van der Waals surface area contributed by atoms with Crippen LogP contribution in [0, 0.1) is 0 Å². The van der Waals surface area contributed by atoms with E-state index < -0.39 is 5.97 Å². The summed E-state index contributed by atoms with van der Waals surface area (Å²) < 4.78 is 5.43. The van der Waals surface area contributed by atoms with Crippen LogP contribution >= 0.6 is 0 Å². The first kappa shape index (κ1) is 15.3. The van der Waals surface area contributed by atoms with E-state index in [-0.39, 0.29) is 11.4 Å². The van der Waals surface area contributed by atoms with Crippen molar-refractivity contribution in [3.05, 3.63) is 36.4 Å². The number of ether oxygens (including phenoxy) is 1. The zero-order valence-corrected chi connectivity index (χ0v) is 12.8. The lowest BCUT2D eigenvalue weighted by Crippen LogP contribution is -2.08. The average Bonchev–Trinajstić information content (AvgIpc) is 3.01. The molecule has 3 aromatic heterocycles. The monoisotopic (exact) mass is 327 g/mol. The van der Waals surface area contributed by atoms with Crippen LogP contribution in [-0.4, -0.2) is 48.4 Å². The number of nitrogens with one attached hydrogen (secondary N) is 1. The minimum Gasteiger partial charge on any atom is -0.492 e. The van der Waals surface area contributed by atoms with E-state index in [4.69, 9.17) is 4.74 Å². The molecule has 0 saturated heterocycles. The zero-order valence-electron chi connectivity index (χ0n) is 12.8. The fourth-order valence-electron chi connectivity index (χ4n) is 2.13. The smallest absolute Gasteiger partial charge is 0.358 e. The van der Waals surface area contributed by atoms with Crippen molar-refractivity contribution in [2.24, 2.45) is 7.05 Å². The first-order valence-corrected chi connectivity index (χ1v) is 6.82. The van der Waals surface area contributed by atoms with E-state index in [0.717, 1.165) is 0 Å². The van der Waals surface area contributed by atoms with E-state index in [0.29, 0.717) is 22.8 Å². The maximum atomic E-state index is 11.2. The molecular formula is C14H13N7O3. The van der Waals surface area contributed by atoms with E-state index in [1.165, 1.54) is 24.2 Å². The number of aryl methyl sites for hydroxylation is 1. The highest BCUT2D eigenvalue weighted by Crippen LogP contribution is 2.35. The van der Waals surface area contributed by atoms with Gasteiger partial charge in [0.2, 0.25) is 0 Å². The minimum absolute atomic E-state index is 0.216. The maximum absolute atomic E-state index is 11.2. The molecule has 0 unspecified atom stereocenters. The lowest BCUT2D eigenvalue weighted by atomic mass is 10.2. The normalized spacial score (nSPS) is 10.4. The average molecular weight is 327 g/mol. The standard InChI is InChI=1S/C14H13N7O3/c1-21-17-7-10(20-21)8-3-5-15-13(12(8)24-2)18-9-4-6-16-19-11(9)14(22)23/h3-7H,1-2H3,(H,22,23)(H,15,16,18). The predicted octanol–water partition coefficient (Wildman–Crippen LogP) is 1.12. The van der Waals surface area contributed by atoms with Crippen molar-refractivity contribution in [1.29, 1.82) is 0 Å². The number of carboxylic acid groups (broad SMARTS) is 1. The van der Waals surface area contributed by atoms with Crippen LogP contribution in [-0.2, 0) is 7.05 Å². The van der Waals surface area contributed by atoms with E-state index >= 15 is 0 Å². The van der Waals surface area contributed by atoms with Crippen molar-refractivity contribution >= 4 is 17.5 Å². The summed E-state index contributed by atoms with van der Waals surface area (Å²) >= 11 is 0. The SMILES string of the molecule is COc1c(-c2cnn(C)n2)ccnc1Nc1ccnnc1C(=O)O. The van der Waals surface area contributed by atoms with E-state index in [1.807, 2.05) is 0 Å². The number of anilines is 2. The van der Waals surface area contributed by atoms with Gasteiger partial charge in [0.1, 0.15) is 5.69 Å². The third-order valence-corrected chi connectivity index (χ3v) is 3.16. The third kappa shape index (κ3) is 2.84. The Morgan fingerprint density at radius 2 is 2.17 bits per heavy atom. The van der Waals surface area contributed by atoms with Crippen LogP contribution in [0.4, 0.5) is 11.5 Å². The van der Waals surface area contributed by atoms with Crippen molar-refractivity contribution in [3.63, 3.8) is 0 Å². The number of aromatic carboxylic acids is 1. The van der Waals surface area contributed by atoms with Gasteiger partial charge >= 0.3 is 5.97 Å². The van der Waals surface area contributed by atoms with E-state index in [9.17, 15) is 9.90 Å². The fourth-order valence-corrected chi connectivity index (χ4v) is 2.13. The molecular weight excluding hydrogens is 314 g/mol. The summed E-state index contributed by atoms with van der Waals surface area (Å²) in [5.41, 5.74) is 1.30. The number of hydrogen-bond donors (Lipinski definition) is 2. The third-order valence-electron chi connectivity index (χ3n) is 3.16. The number of rotatable bonds is 5. The predicted molar refractivity (Wildman–Crippen MR) is 83.1 cm³/mol. The lowest BCUT2D eigenvalue weighted by molar-refractivity contribution is 0.0690.